The molecule has 0 saturated carbocycles. The second-order valence-electron chi connectivity index (χ2n) is 5.58. The van der Waals surface area contributed by atoms with Crippen LogP contribution in [0.5, 0.6) is 0 Å². The van der Waals surface area contributed by atoms with E-state index < -0.39 is 0 Å². The quantitative estimate of drug-likeness (QED) is 0.909. The van der Waals surface area contributed by atoms with Gasteiger partial charge >= 0.3 is 0 Å². The maximum atomic E-state index is 6.48. The number of aryl methyl sites for hydroxylation is 3. The molecule has 1 aromatic carbocycles. The van der Waals surface area contributed by atoms with Crippen LogP contribution in [0.2, 0.25) is 0 Å². The second kappa shape index (κ2) is 5.92. The molecule has 1 atom stereocenters. The van der Waals surface area contributed by atoms with Gasteiger partial charge in [0.25, 0.3) is 0 Å². The van der Waals surface area contributed by atoms with Crippen LogP contribution in [0.25, 0.3) is 0 Å². The summed E-state index contributed by atoms with van der Waals surface area (Å²) in [6, 6.07) is 8.98. The molecule has 1 aliphatic heterocycles. The average molecular weight is 303 g/mol. The molecule has 3 heteroatoms. The van der Waals surface area contributed by atoms with E-state index in [2.05, 4.69) is 38.1 Å². The second-order valence-corrected chi connectivity index (χ2v) is 7.85. The van der Waals surface area contributed by atoms with Crippen LogP contribution in [0.4, 0.5) is 0 Å². The first-order valence-corrected chi connectivity index (χ1v) is 9.12. The Bertz CT molecular complexity index is 572. The summed E-state index contributed by atoms with van der Waals surface area (Å²) in [4.78, 5) is 2.93. The van der Waals surface area contributed by atoms with Crippen LogP contribution < -0.4 is 5.73 Å². The number of benzene rings is 1. The first-order chi connectivity index (χ1) is 9.65. The van der Waals surface area contributed by atoms with E-state index in [9.17, 15) is 0 Å². The van der Waals surface area contributed by atoms with E-state index in [0.29, 0.717) is 0 Å². The van der Waals surface area contributed by atoms with E-state index >= 15 is 0 Å². The third kappa shape index (κ3) is 2.80. The Labute approximate surface area is 129 Å². The lowest BCUT2D eigenvalue weighted by atomic mass is 9.96. The first-order valence-electron chi connectivity index (χ1n) is 7.15. The van der Waals surface area contributed by atoms with E-state index in [1.54, 1.807) is 4.88 Å². The number of thioether (sulfide) groups is 1. The summed E-state index contributed by atoms with van der Waals surface area (Å²) >= 11 is 3.97. The Morgan fingerprint density at radius 3 is 2.70 bits per heavy atom. The molecule has 0 fully saturated rings. The van der Waals surface area contributed by atoms with Crippen molar-refractivity contribution in [1.82, 2.24) is 0 Å². The van der Waals surface area contributed by atoms with Crippen LogP contribution in [-0.2, 0) is 18.6 Å². The van der Waals surface area contributed by atoms with Crippen molar-refractivity contribution in [3.63, 3.8) is 0 Å². The summed E-state index contributed by atoms with van der Waals surface area (Å²) in [5.41, 5.74) is 12.1. The van der Waals surface area contributed by atoms with Crippen molar-refractivity contribution in [2.75, 3.05) is 5.75 Å². The van der Waals surface area contributed by atoms with Crippen LogP contribution in [-0.4, -0.2) is 5.75 Å². The molecule has 0 aliphatic carbocycles. The maximum absolute atomic E-state index is 6.48. The standard InChI is InChI=1S/C17H21NS2/c1-11-4-3-5-12(2)14(11)9-15(18)17-8-13-10-19-7-6-16(13)20-17/h3-5,8,15H,6-7,9-10,18H2,1-2H3. The third-order valence-corrected chi connectivity index (χ3v) is 6.46. The average Bonchev–Trinajstić information content (AvgIpc) is 2.87. The predicted octanol–water partition coefficient (Wildman–Crippen LogP) is 4.40. The molecular weight excluding hydrogens is 282 g/mol. The predicted molar refractivity (Wildman–Crippen MR) is 90.7 cm³/mol. The van der Waals surface area contributed by atoms with Gasteiger partial charge in [-0.3, -0.25) is 0 Å². The van der Waals surface area contributed by atoms with Gasteiger partial charge in [0.05, 0.1) is 0 Å². The monoisotopic (exact) mass is 303 g/mol. The van der Waals surface area contributed by atoms with Crippen molar-refractivity contribution in [2.45, 2.75) is 38.5 Å². The first kappa shape index (κ1) is 14.2. The fraction of sp³-hybridized carbons (Fsp3) is 0.412. The Morgan fingerprint density at radius 2 is 2.00 bits per heavy atom. The topological polar surface area (TPSA) is 26.0 Å². The van der Waals surface area contributed by atoms with Gasteiger partial charge in [0.1, 0.15) is 0 Å². The highest BCUT2D eigenvalue weighted by molar-refractivity contribution is 7.98. The summed E-state index contributed by atoms with van der Waals surface area (Å²) in [5, 5.41) is 0. The van der Waals surface area contributed by atoms with Gasteiger partial charge in [0.15, 0.2) is 0 Å². The summed E-state index contributed by atoms with van der Waals surface area (Å²) in [6.07, 6.45) is 2.17. The van der Waals surface area contributed by atoms with E-state index in [4.69, 9.17) is 5.73 Å². The van der Waals surface area contributed by atoms with Gasteiger partial charge in [-0.05, 0) is 60.8 Å². The van der Waals surface area contributed by atoms with Crippen LogP contribution in [0.15, 0.2) is 24.3 Å². The summed E-state index contributed by atoms with van der Waals surface area (Å²) in [5.74, 6) is 2.43. The molecule has 1 unspecified atom stereocenters. The van der Waals surface area contributed by atoms with Gasteiger partial charge in [0, 0.05) is 21.5 Å². The van der Waals surface area contributed by atoms with Crippen molar-refractivity contribution in [3.05, 3.63) is 56.3 Å². The molecule has 0 spiro atoms. The summed E-state index contributed by atoms with van der Waals surface area (Å²) < 4.78 is 0. The molecule has 1 aromatic heterocycles. The molecule has 3 rings (SSSR count). The molecular formula is C17H21NS2. The molecule has 2 aromatic rings. The molecule has 0 amide bonds. The number of hydrogen-bond donors (Lipinski definition) is 1. The number of nitrogens with two attached hydrogens (primary N) is 1. The zero-order valence-electron chi connectivity index (χ0n) is 12.1. The minimum Gasteiger partial charge on any atom is -0.323 e. The Balaban J connectivity index is 1.82. The maximum Gasteiger partial charge on any atom is 0.0431 e. The molecule has 2 heterocycles. The Morgan fingerprint density at radius 1 is 1.25 bits per heavy atom. The molecule has 2 N–H and O–H groups in total. The molecule has 1 aliphatic rings. The largest absolute Gasteiger partial charge is 0.323 e. The molecule has 1 nitrogen and oxygen atoms in total. The van der Waals surface area contributed by atoms with Gasteiger partial charge in [-0.2, -0.15) is 11.8 Å². The molecule has 20 heavy (non-hydrogen) atoms. The minimum absolute atomic E-state index is 0.135. The van der Waals surface area contributed by atoms with Gasteiger partial charge in [-0.1, -0.05) is 18.2 Å². The number of hydrogen-bond acceptors (Lipinski definition) is 3. The molecule has 0 radical (unpaired) electrons. The Kier molecular flexibility index (Phi) is 4.20. The van der Waals surface area contributed by atoms with Crippen molar-refractivity contribution < 1.29 is 0 Å². The van der Waals surface area contributed by atoms with Crippen molar-refractivity contribution in [1.29, 1.82) is 0 Å². The lowest BCUT2D eigenvalue weighted by Gasteiger charge is -2.14. The fourth-order valence-corrected chi connectivity index (χ4v) is 5.22. The van der Waals surface area contributed by atoms with E-state index in [1.165, 1.54) is 45.1 Å². The van der Waals surface area contributed by atoms with Crippen molar-refractivity contribution in [3.8, 4) is 0 Å². The smallest absolute Gasteiger partial charge is 0.0431 e. The third-order valence-electron chi connectivity index (χ3n) is 4.08. The van der Waals surface area contributed by atoms with Crippen molar-refractivity contribution >= 4 is 23.1 Å². The highest BCUT2D eigenvalue weighted by Crippen LogP contribution is 2.35. The van der Waals surface area contributed by atoms with Crippen LogP contribution in [0.3, 0.4) is 0 Å². The number of thiophene rings is 1. The van der Waals surface area contributed by atoms with E-state index in [1.807, 2.05) is 23.1 Å². The zero-order chi connectivity index (χ0) is 14.1. The molecule has 0 saturated heterocycles. The van der Waals surface area contributed by atoms with Crippen LogP contribution >= 0.6 is 23.1 Å². The highest BCUT2D eigenvalue weighted by Gasteiger charge is 2.18. The minimum atomic E-state index is 0.135. The van der Waals surface area contributed by atoms with Gasteiger partial charge in [-0.15, -0.1) is 11.3 Å². The van der Waals surface area contributed by atoms with Crippen LogP contribution in [0, 0.1) is 13.8 Å². The van der Waals surface area contributed by atoms with Crippen LogP contribution in [0.1, 0.15) is 38.0 Å². The summed E-state index contributed by atoms with van der Waals surface area (Å²) in [7, 11) is 0. The van der Waals surface area contributed by atoms with Gasteiger partial charge < -0.3 is 5.73 Å². The number of rotatable bonds is 3. The lowest BCUT2D eigenvalue weighted by molar-refractivity contribution is 0.729. The normalized spacial score (nSPS) is 15.9. The van der Waals surface area contributed by atoms with Gasteiger partial charge in [-0.25, -0.2) is 0 Å². The Hall–Kier alpha value is -0.770. The molecule has 106 valence electrons. The SMILES string of the molecule is Cc1cccc(C)c1CC(N)c1cc2c(s1)CCSC2. The van der Waals surface area contributed by atoms with Crippen molar-refractivity contribution in [2.24, 2.45) is 5.73 Å². The lowest BCUT2D eigenvalue weighted by Crippen LogP contribution is -2.13. The fourth-order valence-electron chi connectivity index (χ4n) is 2.84. The summed E-state index contributed by atoms with van der Waals surface area (Å²) in [6.45, 7) is 4.37. The van der Waals surface area contributed by atoms with E-state index in [-0.39, 0.29) is 6.04 Å². The number of fused-ring (bicyclic) bond motifs is 1. The highest BCUT2D eigenvalue weighted by atomic mass is 32.2. The van der Waals surface area contributed by atoms with E-state index in [0.717, 1.165) is 6.42 Å². The molecule has 0 bridgehead atoms. The van der Waals surface area contributed by atoms with Gasteiger partial charge in [0.2, 0.25) is 0 Å². The zero-order valence-corrected chi connectivity index (χ0v) is 13.7.